The zero-order chi connectivity index (χ0) is 17.3. The average molecular weight is 346 g/mol. The first-order chi connectivity index (χ1) is 11.7. The fourth-order valence-corrected chi connectivity index (χ4v) is 5.09. The first-order valence-corrected chi connectivity index (χ1v) is 10.3. The molecule has 0 bridgehead atoms. The lowest BCUT2D eigenvalue weighted by atomic mass is 10.0. The van der Waals surface area contributed by atoms with E-state index in [9.17, 15) is 4.57 Å². The molecule has 2 aromatic rings. The smallest absolute Gasteiger partial charge is 0.308 e. The normalized spacial score (nSPS) is 12.9. The van der Waals surface area contributed by atoms with Crippen LogP contribution in [0.5, 0.6) is 0 Å². The Morgan fingerprint density at radius 1 is 0.875 bits per heavy atom. The maximum atomic E-state index is 13.3. The Bertz CT molecular complexity index is 618. The molecular formula is C20H27O3P. The van der Waals surface area contributed by atoms with Gasteiger partial charge in [-0.05, 0) is 44.2 Å². The molecule has 0 fully saturated rings. The van der Waals surface area contributed by atoms with Gasteiger partial charge in [0.2, 0.25) is 0 Å². The molecule has 130 valence electrons. The molecule has 0 spiro atoms. The molecule has 3 nitrogen and oxygen atoms in total. The van der Waals surface area contributed by atoms with E-state index in [1.807, 2.05) is 50.2 Å². The fourth-order valence-electron chi connectivity index (χ4n) is 2.90. The second-order valence-corrected chi connectivity index (χ2v) is 7.90. The first-order valence-electron chi connectivity index (χ1n) is 8.67. The second kappa shape index (κ2) is 9.78. The van der Waals surface area contributed by atoms with E-state index in [2.05, 4.69) is 24.3 Å². The van der Waals surface area contributed by atoms with Crippen molar-refractivity contribution in [3.05, 3.63) is 71.8 Å². The van der Waals surface area contributed by atoms with Gasteiger partial charge < -0.3 is 9.05 Å². The molecule has 0 unspecified atom stereocenters. The summed E-state index contributed by atoms with van der Waals surface area (Å²) in [5.74, 6) is 0. The Kier molecular flexibility index (Phi) is 7.71. The van der Waals surface area contributed by atoms with Crippen LogP contribution in [-0.4, -0.2) is 13.2 Å². The van der Waals surface area contributed by atoms with Crippen molar-refractivity contribution in [2.45, 2.75) is 38.8 Å². The van der Waals surface area contributed by atoms with Crippen LogP contribution in [0.4, 0.5) is 0 Å². The van der Waals surface area contributed by atoms with Gasteiger partial charge in [0.25, 0.3) is 0 Å². The van der Waals surface area contributed by atoms with Gasteiger partial charge in [0, 0.05) is 0 Å². The highest BCUT2D eigenvalue weighted by Crippen LogP contribution is 2.62. The minimum Gasteiger partial charge on any atom is -0.308 e. The summed E-state index contributed by atoms with van der Waals surface area (Å²) in [5, 5.41) is 0. The standard InChI is InChI=1S/C20H27O3P/c1-3-22-24(21,23-4-2)20(19-15-9-6-10-16-19)17-11-14-18-12-7-5-8-13-18/h5-10,12-13,15-16,20H,3-4,11,14,17H2,1-2H3/t20-/m1/s1. The molecule has 24 heavy (non-hydrogen) atoms. The zero-order valence-electron chi connectivity index (χ0n) is 14.6. The third-order valence-corrected chi connectivity index (χ3v) is 6.53. The van der Waals surface area contributed by atoms with Crippen molar-refractivity contribution in [2.24, 2.45) is 0 Å². The Morgan fingerprint density at radius 3 is 1.96 bits per heavy atom. The highest BCUT2D eigenvalue weighted by molar-refractivity contribution is 7.54. The molecule has 1 atom stereocenters. The zero-order valence-corrected chi connectivity index (χ0v) is 15.5. The van der Waals surface area contributed by atoms with Gasteiger partial charge in [-0.2, -0.15) is 0 Å². The third-order valence-electron chi connectivity index (χ3n) is 3.97. The molecule has 0 heterocycles. The Balaban J connectivity index is 2.15. The summed E-state index contributed by atoms with van der Waals surface area (Å²) in [6.45, 7) is 4.49. The molecule has 4 heteroatoms. The Hall–Kier alpha value is -1.41. The van der Waals surface area contributed by atoms with E-state index in [0.29, 0.717) is 13.2 Å². The first kappa shape index (κ1) is 18.9. The van der Waals surface area contributed by atoms with Gasteiger partial charge in [0.1, 0.15) is 0 Å². The van der Waals surface area contributed by atoms with E-state index in [1.165, 1.54) is 5.56 Å². The van der Waals surface area contributed by atoms with Crippen molar-refractivity contribution in [3.63, 3.8) is 0 Å². The molecule has 2 rings (SSSR count). The topological polar surface area (TPSA) is 35.5 Å². The highest BCUT2D eigenvalue weighted by Gasteiger charge is 2.36. The van der Waals surface area contributed by atoms with Crippen LogP contribution >= 0.6 is 7.60 Å². The van der Waals surface area contributed by atoms with Gasteiger partial charge in [-0.1, -0.05) is 60.7 Å². The van der Waals surface area contributed by atoms with E-state index in [4.69, 9.17) is 9.05 Å². The van der Waals surface area contributed by atoms with E-state index in [0.717, 1.165) is 24.8 Å². The summed E-state index contributed by atoms with van der Waals surface area (Å²) in [4.78, 5) is 0. The minimum atomic E-state index is -3.17. The predicted molar refractivity (Wildman–Crippen MR) is 99.4 cm³/mol. The molecule has 0 aliphatic carbocycles. The maximum Gasteiger partial charge on any atom is 0.338 e. The van der Waals surface area contributed by atoms with E-state index >= 15 is 0 Å². The molecule has 0 aromatic heterocycles. The van der Waals surface area contributed by atoms with Gasteiger partial charge in [0.15, 0.2) is 0 Å². The van der Waals surface area contributed by atoms with Crippen LogP contribution in [0.2, 0.25) is 0 Å². The second-order valence-electron chi connectivity index (χ2n) is 5.68. The summed E-state index contributed by atoms with van der Waals surface area (Å²) in [6.07, 6.45) is 2.67. The molecule has 0 aliphatic heterocycles. The highest BCUT2D eigenvalue weighted by atomic mass is 31.2. The third kappa shape index (κ3) is 5.31. The molecule has 0 radical (unpaired) electrons. The van der Waals surface area contributed by atoms with E-state index in [-0.39, 0.29) is 5.66 Å². The van der Waals surface area contributed by atoms with Crippen molar-refractivity contribution in [1.29, 1.82) is 0 Å². The van der Waals surface area contributed by atoms with Crippen molar-refractivity contribution >= 4 is 7.60 Å². The average Bonchev–Trinajstić information content (AvgIpc) is 2.61. The van der Waals surface area contributed by atoms with Gasteiger partial charge in [-0.25, -0.2) is 0 Å². The lowest BCUT2D eigenvalue weighted by Crippen LogP contribution is -2.07. The molecule has 0 saturated heterocycles. The molecule has 0 saturated carbocycles. The lowest BCUT2D eigenvalue weighted by molar-refractivity contribution is 0.210. The van der Waals surface area contributed by atoms with Crippen molar-refractivity contribution in [2.75, 3.05) is 13.2 Å². The van der Waals surface area contributed by atoms with Crippen LogP contribution in [0, 0.1) is 0 Å². The summed E-state index contributed by atoms with van der Waals surface area (Å²) in [5.41, 5.74) is 2.10. The lowest BCUT2D eigenvalue weighted by Gasteiger charge is -2.26. The quantitative estimate of drug-likeness (QED) is 0.494. The van der Waals surface area contributed by atoms with Crippen LogP contribution in [0.1, 0.15) is 43.5 Å². The van der Waals surface area contributed by atoms with Gasteiger partial charge in [-0.15, -0.1) is 0 Å². The van der Waals surface area contributed by atoms with Crippen LogP contribution in [0.15, 0.2) is 60.7 Å². The van der Waals surface area contributed by atoms with Crippen LogP contribution in [0.25, 0.3) is 0 Å². The predicted octanol–water partition coefficient (Wildman–Crippen LogP) is 6.02. The van der Waals surface area contributed by atoms with Crippen molar-refractivity contribution in [3.8, 4) is 0 Å². The van der Waals surface area contributed by atoms with Gasteiger partial charge in [-0.3, -0.25) is 4.57 Å². The summed E-state index contributed by atoms with van der Waals surface area (Å²) < 4.78 is 24.6. The number of hydrogen-bond acceptors (Lipinski definition) is 3. The SMILES string of the molecule is CCOP(=O)(OCC)[C@H](CCCc1ccccc1)c1ccccc1. The Morgan fingerprint density at radius 2 is 1.42 bits per heavy atom. The largest absolute Gasteiger partial charge is 0.338 e. The van der Waals surface area contributed by atoms with Gasteiger partial charge in [0.05, 0.1) is 18.9 Å². The van der Waals surface area contributed by atoms with Gasteiger partial charge >= 0.3 is 7.60 Å². The van der Waals surface area contributed by atoms with Crippen molar-refractivity contribution < 1.29 is 13.6 Å². The van der Waals surface area contributed by atoms with Crippen LogP contribution < -0.4 is 0 Å². The van der Waals surface area contributed by atoms with Crippen molar-refractivity contribution in [1.82, 2.24) is 0 Å². The number of aryl methyl sites for hydroxylation is 1. The molecular weight excluding hydrogens is 319 g/mol. The summed E-state index contributed by atoms with van der Waals surface area (Å²) in [7, 11) is -3.17. The van der Waals surface area contributed by atoms with Crippen LogP contribution in [0.3, 0.4) is 0 Å². The summed E-state index contributed by atoms with van der Waals surface area (Å²) in [6, 6.07) is 20.3. The molecule has 0 aliphatic rings. The monoisotopic (exact) mass is 346 g/mol. The maximum absolute atomic E-state index is 13.3. The molecule has 0 amide bonds. The number of hydrogen-bond donors (Lipinski definition) is 0. The number of rotatable bonds is 10. The van der Waals surface area contributed by atoms with E-state index in [1.54, 1.807) is 0 Å². The molecule has 0 N–H and O–H groups in total. The summed E-state index contributed by atoms with van der Waals surface area (Å²) >= 11 is 0. The van der Waals surface area contributed by atoms with Crippen LogP contribution in [-0.2, 0) is 20.0 Å². The number of benzene rings is 2. The molecule has 2 aromatic carbocycles. The Labute approximate surface area is 145 Å². The minimum absolute atomic E-state index is 0.220. The fraction of sp³-hybridized carbons (Fsp3) is 0.400. The van der Waals surface area contributed by atoms with E-state index < -0.39 is 7.60 Å².